The third kappa shape index (κ3) is 4.98. The molecule has 3 rings (SSSR count). The molecule has 1 heterocycles. The van der Waals surface area contributed by atoms with Gasteiger partial charge < -0.3 is 24.9 Å². The summed E-state index contributed by atoms with van der Waals surface area (Å²) in [4.78, 5) is 33.7. The number of anilines is 1. The summed E-state index contributed by atoms with van der Waals surface area (Å²) in [5, 5.41) is 28.6. The number of nitrogens with one attached hydrogen (secondary N) is 1. The summed E-state index contributed by atoms with van der Waals surface area (Å²) in [7, 11) is 1.52. The van der Waals surface area contributed by atoms with Gasteiger partial charge in [0, 0.05) is 12.1 Å². The van der Waals surface area contributed by atoms with Crippen molar-refractivity contribution < 1.29 is 24.1 Å². The lowest BCUT2D eigenvalue weighted by atomic mass is 10.2. The normalized spacial score (nSPS) is 11.5. The Balaban J connectivity index is 1.83. The van der Waals surface area contributed by atoms with Crippen molar-refractivity contribution in [3.8, 4) is 17.2 Å². The second kappa shape index (κ2) is 9.12. The fraction of sp³-hybridized carbons (Fsp3) is 0.200. The zero-order valence-electron chi connectivity index (χ0n) is 17.3. The molecule has 0 saturated carbocycles. The summed E-state index contributed by atoms with van der Waals surface area (Å²) in [5.74, 6) is 0.219. The number of aromatic nitrogens is 2. The van der Waals surface area contributed by atoms with E-state index in [2.05, 4.69) is 10.4 Å². The molecule has 166 valence electrons. The van der Waals surface area contributed by atoms with Gasteiger partial charge >= 0.3 is 5.82 Å². The van der Waals surface area contributed by atoms with Crippen LogP contribution in [0.2, 0.25) is 0 Å². The predicted octanol–water partition coefficient (Wildman–Crippen LogP) is 4.01. The van der Waals surface area contributed by atoms with Crippen molar-refractivity contribution in [2.45, 2.75) is 19.9 Å². The van der Waals surface area contributed by atoms with Crippen LogP contribution in [0.25, 0.3) is 0 Å². The minimum atomic E-state index is -0.908. The zero-order valence-corrected chi connectivity index (χ0v) is 17.3. The average molecular weight is 441 g/mol. The fourth-order valence-electron chi connectivity index (χ4n) is 2.91. The minimum Gasteiger partial charge on any atom is -0.497 e. The van der Waals surface area contributed by atoms with Crippen molar-refractivity contribution in [1.82, 2.24) is 9.78 Å². The largest absolute Gasteiger partial charge is 0.497 e. The fourth-order valence-corrected chi connectivity index (χ4v) is 2.91. The molecule has 1 aromatic heterocycles. The van der Waals surface area contributed by atoms with Crippen LogP contribution in [0.4, 0.5) is 17.2 Å². The van der Waals surface area contributed by atoms with Gasteiger partial charge in [0.1, 0.15) is 23.3 Å². The van der Waals surface area contributed by atoms with E-state index in [0.29, 0.717) is 17.2 Å². The highest BCUT2D eigenvalue weighted by molar-refractivity contribution is 5.94. The van der Waals surface area contributed by atoms with Crippen molar-refractivity contribution in [3.05, 3.63) is 74.5 Å². The van der Waals surface area contributed by atoms with Crippen LogP contribution in [0.5, 0.6) is 17.2 Å². The molecule has 1 amide bonds. The topological polar surface area (TPSA) is 152 Å². The first kappa shape index (κ1) is 22.2. The van der Waals surface area contributed by atoms with E-state index in [1.165, 1.54) is 43.0 Å². The Morgan fingerprint density at radius 3 is 2.25 bits per heavy atom. The Bertz CT molecular complexity index is 1170. The number of carbonyl (C=O) groups excluding carboxylic acids is 1. The maximum Gasteiger partial charge on any atom is 0.390 e. The third-order valence-corrected chi connectivity index (χ3v) is 4.51. The Morgan fingerprint density at radius 1 is 1.03 bits per heavy atom. The Hall–Kier alpha value is -4.48. The van der Waals surface area contributed by atoms with Crippen LogP contribution in [-0.2, 0) is 4.79 Å². The van der Waals surface area contributed by atoms with Gasteiger partial charge in [0.15, 0.2) is 0 Å². The number of ether oxygens (including phenoxy) is 2. The highest BCUT2D eigenvalue weighted by Gasteiger charge is 2.25. The second-order valence-electron chi connectivity index (χ2n) is 6.76. The first-order valence-corrected chi connectivity index (χ1v) is 9.30. The molecule has 1 unspecified atom stereocenters. The number of carbonyl (C=O) groups is 1. The molecule has 12 nitrogen and oxygen atoms in total. The summed E-state index contributed by atoms with van der Waals surface area (Å²) >= 11 is 0. The van der Waals surface area contributed by atoms with Crippen molar-refractivity contribution in [2.75, 3.05) is 12.4 Å². The number of hydrogen-bond donors (Lipinski definition) is 1. The average Bonchev–Trinajstić information content (AvgIpc) is 3.15. The van der Waals surface area contributed by atoms with Gasteiger partial charge in [-0.3, -0.25) is 14.9 Å². The Labute approximate surface area is 181 Å². The smallest absolute Gasteiger partial charge is 0.390 e. The number of benzene rings is 2. The van der Waals surface area contributed by atoms with E-state index in [-0.39, 0.29) is 22.9 Å². The van der Waals surface area contributed by atoms with E-state index in [9.17, 15) is 25.0 Å². The number of methoxy groups -OCH3 is 1. The number of hydrogen-bond acceptors (Lipinski definition) is 8. The SMILES string of the molecule is COc1ccc(Oc2cc(NC(=O)C(C)n3nc([N+](=O)[O-])cc3C)cc([N+](=O)[O-])c2)cc1. The summed E-state index contributed by atoms with van der Waals surface area (Å²) in [6, 6.07) is 10.8. The highest BCUT2D eigenvalue weighted by Crippen LogP contribution is 2.31. The van der Waals surface area contributed by atoms with Crippen molar-refractivity contribution in [3.63, 3.8) is 0 Å². The third-order valence-electron chi connectivity index (χ3n) is 4.51. The van der Waals surface area contributed by atoms with Gasteiger partial charge in [-0.25, -0.2) is 0 Å². The van der Waals surface area contributed by atoms with Crippen molar-refractivity contribution in [1.29, 1.82) is 0 Å². The molecule has 0 aliphatic rings. The number of rotatable bonds is 8. The molecule has 3 aromatic rings. The number of aryl methyl sites for hydroxylation is 1. The lowest BCUT2D eigenvalue weighted by Crippen LogP contribution is -2.25. The lowest BCUT2D eigenvalue weighted by molar-refractivity contribution is -0.389. The summed E-state index contributed by atoms with van der Waals surface area (Å²) in [6.07, 6.45) is 0. The van der Waals surface area contributed by atoms with Crippen LogP contribution in [0.1, 0.15) is 18.7 Å². The maximum atomic E-state index is 12.7. The van der Waals surface area contributed by atoms with Gasteiger partial charge in [0.2, 0.25) is 0 Å². The molecule has 12 heteroatoms. The van der Waals surface area contributed by atoms with E-state index in [1.807, 2.05) is 0 Å². The van der Waals surface area contributed by atoms with E-state index >= 15 is 0 Å². The number of non-ortho nitro benzene ring substituents is 1. The first-order chi connectivity index (χ1) is 15.2. The van der Waals surface area contributed by atoms with Crippen LogP contribution >= 0.6 is 0 Å². The maximum absolute atomic E-state index is 12.7. The van der Waals surface area contributed by atoms with Gasteiger partial charge in [0.25, 0.3) is 11.6 Å². The molecule has 0 spiro atoms. The molecule has 0 bridgehead atoms. The number of nitrogens with zero attached hydrogens (tertiary/aromatic N) is 4. The van der Waals surface area contributed by atoms with E-state index in [1.54, 1.807) is 31.2 Å². The lowest BCUT2D eigenvalue weighted by Gasteiger charge is -2.13. The molecule has 2 aromatic carbocycles. The summed E-state index contributed by atoms with van der Waals surface area (Å²) < 4.78 is 12.0. The molecule has 0 saturated heterocycles. The minimum absolute atomic E-state index is 0.124. The molecule has 32 heavy (non-hydrogen) atoms. The van der Waals surface area contributed by atoms with E-state index in [4.69, 9.17) is 9.47 Å². The number of nitro benzene ring substituents is 1. The van der Waals surface area contributed by atoms with Crippen molar-refractivity contribution >= 4 is 23.1 Å². The van der Waals surface area contributed by atoms with Gasteiger partial charge in [-0.15, -0.1) is 0 Å². The second-order valence-corrected chi connectivity index (χ2v) is 6.76. The zero-order chi connectivity index (χ0) is 23.4. The molecule has 0 aliphatic heterocycles. The first-order valence-electron chi connectivity index (χ1n) is 9.30. The molecular weight excluding hydrogens is 422 g/mol. The van der Waals surface area contributed by atoms with Gasteiger partial charge in [-0.1, -0.05) is 0 Å². The molecule has 1 atom stereocenters. The highest BCUT2D eigenvalue weighted by atomic mass is 16.6. The van der Waals surface area contributed by atoms with Crippen LogP contribution in [0.3, 0.4) is 0 Å². The van der Waals surface area contributed by atoms with Gasteiger partial charge in [-0.05, 0) is 43.0 Å². The summed E-state index contributed by atoms with van der Waals surface area (Å²) in [5.41, 5.74) is 0.255. The predicted molar refractivity (Wildman–Crippen MR) is 113 cm³/mol. The molecule has 0 radical (unpaired) electrons. The molecule has 0 fully saturated rings. The van der Waals surface area contributed by atoms with Gasteiger partial charge in [-0.2, -0.15) is 4.68 Å². The summed E-state index contributed by atoms with van der Waals surface area (Å²) in [6.45, 7) is 3.09. The molecule has 1 N–H and O–H groups in total. The van der Waals surface area contributed by atoms with Gasteiger partial charge in [0.05, 0.1) is 40.6 Å². The van der Waals surface area contributed by atoms with Crippen LogP contribution in [0, 0.1) is 27.2 Å². The molecular formula is C20H19N5O7. The number of nitro groups is 2. The van der Waals surface area contributed by atoms with Crippen molar-refractivity contribution in [2.24, 2.45) is 0 Å². The standard InChI is InChI=1S/C20H19N5O7/c1-12-8-19(25(29)30)22-23(12)13(2)20(26)21-14-9-15(24(27)28)11-18(10-14)32-17-6-4-16(31-3)5-7-17/h4-11,13H,1-3H3,(H,21,26). The van der Waals surface area contributed by atoms with Crippen LogP contribution in [0.15, 0.2) is 48.5 Å². The van der Waals surface area contributed by atoms with E-state index in [0.717, 1.165) is 0 Å². The van der Waals surface area contributed by atoms with Crippen LogP contribution < -0.4 is 14.8 Å². The Morgan fingerprint density at radius 2 is 1.69 bits per heavy atom. The Kier molecular flexibility index (Phi) is 6.33. The number of amides is 1. The van der Waals surface area contributed by atoms with E-state index < -0.39 is 21.8 Å². The monoisotopic (exact) mass is 441 g/mol. The quantitative estimate of drug-likeness (QED) is 0.406. The van der Waals surface area contributed by atoms with Crippen LogP contribution in [-0.4, -0.2) is 32.6 Å². The molecule has 0 aliphatic carbocycles.